The van der Waals surface area contributed by atoms with E-state index in [4.69, 9.17) is 4.74 Å². The number of carbonyl (C=O) groups is 2. The number of nitro benzene ring substituents is 1. The normalized spacial score (nSPS) is 11.5. The number of nitro groups is 1. The Morgan fingerprint density at radius 1 is 1.03 bits per heavy atom. The van der Waals surface area contributed by atoms with Crippen LogP contribution < -0.4 is 15.4 Å². The number of rotatable bonds is 6. The summed E-state index contributed by atoms with van der Waals surface area (Å²) in [5.41, 5.74) is -3.02. The molecule has 166 valence electrons. The number of nitrogens with zero attached hydrogens (tertiary/aromatic N) is 1. The minimum Gasteiger partial charge on any atom is -0.484 e. The van der Waals surface area contributed by atoms with E-state index in [2.05, 4.69) is 10.6 Å². The summed E-state index contributed by atoms with van der Waals surface area (Å²) < 4.78 is 44.4. The van der Waals surface area contributed by atoms with E-state index in [0.29, 0.717) is 17.8 Å². The van der Waals surface area contributed by atoms with Crippen molar-refractivity contribution < 1.29 is 32.4 Å². The Morgan fingerprint density at radius 3 is 2.26 bits per heavy atom. The fourth-order valence-electron chi connectivity index (χ4n) is 2.33. The Kier molecular flexibility index (Phi) is 6.88. The molecule has 31 heavy (non-hydrogen) atoms. The van der Waals surface area contributed by atoms with Crippen LogP contribution in [0.4, 0.5) is 30.2 Å². The number of benzene rings is 2. The van der Waals surface area contributed by atoms with Crippen molar-refractivity contribution in [1.82, 2.24) is 0 Å². The zero-order valence-corrected chi connectivity index (χ0v) is 16.9. The van der Waals surface area contributed by atoms with Crippen LogP contribution in [0.2, 0.25) is 0 Å². The van der Waals surface area contributed by atoms with Crippen LogP contribution in [0.25, 0.3) is 0 Å². The monoisotopic (exact) mass is 439 g/mol. The quantitative estimate of drug-likeness (QED) is 0.504. The summed E-state index contributed by atoms with van der Waals surface area (Å²) in [6.07, 6.45) is -4.96. The molecule has 0 radical (unpaired) electrons. The molecule has 2 rings (SSSR count). The first kappa shape index (κ1) is 23.6. The van der Waals surface area contributed by atoms with Crippen LogP contribution in [0.3, 0.4) is 0 Å². The molecule has 0 heterocycles. The van der Waals surface area contributed by atoms with Crippen molar-refractivity contribution in [3.63, 3.8) is 0 Å². The van der Waals surface area contributed by atoms with E-state index in [1.165, 1.54) is 12.1 Å². The number of amides is 2. The second kappa shape index (κ2) is 9.02. The molecule has 0 atom stereocenters. The lowest BCUT2D eigenvalue weighted by atomic mass is 9.95. The molecule has 0 aliphatic carbocycles. The number of anilines is 2. The van der Waals surface area contributed by atoms with Crippen LogP contribution in [-0.2, 0) is 15.8 Å². The van der Waals surface area contributed by atoms with Gasteiger partial charge in [0.05, 0.1) is 4.92 Å². The molecule has 11 heteroatoms. The van der Waals surface area contributed by atoms with Gasteiger partial charge in [-0.3, -0.25) is 19.7 Å². The van der Waals surface area contributed by atoms with Gasteiger partial charge in [0.2, 0.25) is 5.91 Å². The molecule has 0 unspecified atom stereocenters. The average Bonchev–Trinajstić information content (AvgIpc) is 2.65. The summed E-state index contributed by atoms with van der Waals surface area (Å²) in [4.78, 5) is 33.7. The van der Waals surface area contributed by atoms with E-state index >= 15 is 0 Å². The molecule has 0 aliphatic rings. The standard InChI is InChI=1S/C20H20F3N3O5/c1-19(2,3)18(28)25-12-5-4-6-14(9-12)31-11-17(27)24-13-7-8-16(26(29)30)15(10-13)20(21,22)23/h4-10H,11H2,1-3H3,(H,24,27)(H,25,28). The van der Waals surface area contributed by atoms with Crippen molar-refractivity contribution in [2.24, 2.45) is 5.41 Å². The molecule has 2 aromatic carbocycles. The van der Waals surface area contributed by atoms with E-state index in [0.717, 1.165) is 6.07 Å². The van der Waals surface area contributed by atoms with Gasteiger partial charge in [-0.2, -0.15) is 13.2 Å². The molecule has 2 aromatic rings. The van der Waals surface area contributed by atoms with Crippen molar-refractivity contribution in [2.45, 2.75) is 26.9 Å². The van der Waals surface area contributed by atoms with Crippen LogP contribution in [0.1, 0.15) is 26.3 Å². The number of carbonyl (C=O) groups excluding carboxylic acids is 2. The second-order valence-electron chi connectivity index (χ2n) is 7.56. The Morgan fingerprint density at radius 2 is 1.68 bits per heavy atom. The van der Waals surface area contributed by atoms with Gasteiger partial charge >= 0.3 is 6.18 Å². The maximum atomic E-state index is 13.0. The summed E-state index contributed by atoms with van der Waals surface area (Å²) in [6, 6.07) is 8.40. The summed E-state index contributed by atoms with van der Waals surface area (Å²) in [6.45, 7) is 4.70. The average molecular weight is 439 g/mol. The predicted molar refractivity (Wildman–Crippen MR) is 107 cm³/mol. The molecule has 0 saturated heterocycles. The lowest BCUT2D eigenvalue weighted by molar-refractivity contribution is -0.388. The van der Waals surface area contributed by atoms with E-state index in [1.807, 2.05) is 0 Å². The van der Waals surface area contributed by atoms with Crippen LogP contribution in [0, 0.1) is 15.5 Å². The van der Waals surface area contributed by atoms with Crippen LogP contribution in [-0.4, -0.2) is 23.3 Å². The highest BCUT2D eigenvalue weighted by molar-refractivity contribution is 5.94. The van der Waals surface area contributed by atoms with Crippen LogP contribution in [0.5, 0.6) is 5.75 Å². The summed E-state index contributed by atoms with van der Waals surface area (Å²) >= 11 is 0. The first-order chi connectivity index (χ1) is 14.3. The molecule has 0 spiro atoms. The highest BCUT2D eigenvalue weighted by Gasteiger charge is 2.38. The van der Waals surface area contributed by atoms with Crippen molar-refractivity contribution in [3.05, 3.63) is 58.1 Å². The first-order valence-corrected chi connectivity index (χ1v) is 8.97. The number of hydrogen-bond acceptors (Lipinski definition) is 5. The van der Waals surface area contributed by atoms with Crippen molar-refractivity contribution in [2.75, 3.05) is 17.2 Å². The van der Waals surface area contributed by atoms with Crippen LogP contribution in [0.15, 0.2) is 42.5 Å². The largest absolute Gasteiger partial charge is 0.484 e. The van der Waals surface area contributed by atoms with Gasteiger partial charge in [-0.05, 0) is 24.3 Å². The topological polar surface area (TPSA) is 111 Å². The van der Waals surface area contributed by atoms with Crippen molar-refractivity contribution in [3.8, 4) is 5.75 Å². The smallest absolute Gasteiger partial charge is 0.423 e. The van der Waals surface area contributed by atoms with Gasteiger partial charge in [0.15, 0.2) is 6.61 Å². The predicted octanol–water partition coefficient (Wildman–Crippen LogP) is 4.62. The third kappa shape index (κ3) is 6.69. The Balaban J connectivity index is 2.04. The van der Waals surface area contributed by atoms with Crippen LogP contribution >= 0.6 is 0 Å². The maximum absolute atomic E-state index is 13.0. The molecular formula is C20H20F3N3O5. The third-order valence-electron chi connectivity index (χ3n) is 3.93. The summed E-state index contributed by atoms with van der Waals surface area (Å²) in [5, 5.41) is 15.7. The number of ether oxygens (including phenoxy) is 1. The third-order valence-corrected chi connectivity index (χ3v) is 3.93. The Hall–Kier alpha value is -3.63. The number of halogens is 3. The Bertz CT molecular complexity index is 1000. The molecule has 2 amide bonds. The lowest BCUT2D eigenvalue weighted by Gasteiger charge is -2.18. The number of nitrogens with one attached hydrogen (secondary N) is 2. The molecule has 0 fully saturated rings. The fraction of sp³-hybridized carbons (Fsp3) is 0.300. The molecule has 0 saturated carbocycles. The summed E-state index contributed by atoms with van der Waals surface area (Å²) in [7, 11) is 0. The number of alkyl halides is 3. The van der Waals surface area contributed by atoms with Gasteiger partial charge in [-0.25, -0.2) is 0 Å². The molecule has 0 aliphatic heterocycles. The zero-order valence-electron chi connectivity index (χ0n) is 16.9. The van der Waals surface area contributed by atoms with Gasteiger partial charge in [-0.1, -0.05) is 26.8 Å². The SMILES string of the molecule is CC(C)(C)C(=O)Nc1cccc(OCC(=O)Nc2ccc([N+](=O)[O-])c(C(F)(F)F)c2)c1. The van der Waals surface area contributed by atoms with E-state index < -0.39 is 40.3 Å². The zero-order chi connectivity index (χ0) is 23.4. The lowest BCUT2D eigenvalue weighted by Crippen LogP contribution is -2.27. The van der Waals surface area contributed by atoms with E-state index in [9.17, 15) is 32.9 Å². The minimum atomic E-state index is -4.96. The Labute approximate surface area is 175 Å². The van der Waals surface area contributed by atoms with Gasteiger partial charge in [-0.15, -0.1) is 0 Å². The van der Waals surface area contributed by atoms with E-state index in [1.54, 1.807) is 32.9 Å². The first-order valence-electron chi connectivity index (χ1n) is 8.97. The molecule has 8 nitrogen and oxygen atoms in total. The summed E-state index contributed by atoms with van der Waals surface area (Å²) in [5.74, 6) is -0.742. The van der Waals surface area contributed by atoms with Gasteiger partial charge in [0, 0.05) is 28.9 Å². The van der Waals surface area contributed by atoms with Gasteiger partial charge in [0.25, 0.3) is 11.6 Å². The van der Waals surface area contributed by atoms with Gasteiger partial charge in [0.1, 0.15) is 11.3 Å². The number of hydrogen-bond donors (Lipinski definition) is 2. The van der Waals surface area contributed by atoms with E-state index in [-0.39, 0.29) is 17.3 Å². The second-order valence-corrected chi connectivity index (χ2v) is 7.56. The highest BCUT2D eigenvalue weighted by atomic mass is 19.4. The molecule has 2 N–H and O–H groups in total. The molecule has 0 bridgehead atoms. The van der Waals surface area contributed by atoms with Gasteiger partial charge < -0.3 is 15.4 Å². The maximum Gasteiger partial charge on any atom is 0.423 e. The molecular weight excluding hydrogens is 419 g/mol. The highest BCUT2D eigenvalue weighted by Crippen LogP contribution is 2.37. The van der Waals surface area contributed by atoms with Crippen molar-refractivity contribution >= 4 is 28.9 Å². The van der Waals surface area contributed by atoms with Crippen molar-refractivity contribution in [1.29, 1.82) is 0 Å². The fourth-order valence-corrected chi connectivity index (χ4v) is 2.33. The molecule has 0 aromatic heterocycles. The minimum absolute atomic E-state index is 0.221.